The van der Waals surface area contributed by atoms with E-state index >= 15 is 0 Å². The van der Waals surface area contributed by atoms with Gasteiger partial charge in [0.05, 0.1) is 21.9 Å². The van der Waals surface area contributed by atoms with Gasteiger partial charge in [-0.15, -0.1) is 11.3 Å². The Balaban J connectivity index is 1.74. The molecule has 0 bridgehead atoms. The minimum absolute atomic E-state index is 0.0899. The van der Waals surface area contributed by atoms with E-state index in [2.05, 4.69) is 4.90 Å². The molecule has 3 heterocycles. The van der Waals surface area contributed by atoms with E-state index in [1.807, 2.05) is 58.2 Å². The average molecular weight is 506 g/mol. The van der Waals surface area contributed by atoms with Gasteiger partial charge in [-0.05, 0) is 51.1 Å². The largest absolute Gasteiger partial charge is 0.494 e. The normalized spacial score (nSPS) is 19.5. The van der Waals surface area contributed by atoms with E-state index < -0.39 is 0 Å². The molecule has 0 N–H and O–H groups in total. The Bertz CT molecular complexity index is 1310. The van der Waals surface area contributed by atoms with Gasteiger partial charge in [-0.1, -0.05) is 35.7 Å². The Kier molecular flexibility index (Phi) is 6.85. The molecule has 0 radical (unpaired) electrons. The fourth-order valence-electron chi connectivity index (χ4n) is 3.49. The number of carbonyl (C=O) groups excluding carboxylic acids is 1. The van der Waals surface area contributed by atoms with Crippen molar-refractivity contribution in [2.75, 3.05) is 25.1 Å². The summed E-state index contributed by atoms with van der Waals surface area (Å²) in [5.41, 5.74) is 1.01. The van der Waals surface area contributed by atoms with Crippen molar-refractivity contribution in [3.8, 4) is 5.75 Å². The third-order valence-corrected chi connectivity index (χ3v) is 8.99. The molecule has 0 spiro atoms. The van der Waals surface area contributed by atoms with Crippen LogP contribution >= 0.6 is 47.1 Å². The van der Waals surface area contributed by atoms with Crippen LogP contribution in [0.3, 0.4) is 0 Å². The molecule has 1 aromatic carbocycles. The fourth-order valence-corrected chi connectivity index (χ4v) is 7.22. The zero-order valence-corrected chi connectivity index (χ0v) is 21.5. The van der Waals surface area contributed by atoms with Gasteiger partial charge in [-0.3, -0.25) is 19.1 Å². The van der Waals surface area contributed by atoms with Gasteiger partial charge in [-0.25, -0.2) is 0 Å². The second-order valence-electron chi connectivity index (χ2n) is 6.96. The first-order valence-electron chi connectivity index (χ1n) is 10.3. The van der Waals surface area contributed by atoms with Crippen molar-refractivity contribution in [3.05, 3.63) is 48.9 Å². The molecule has 2 aliphatic heterocycles. The number of aromatic nitrogens is 1. The molecule has 1 aromatic heterocycles. The van der Waals surface area contributed by atoms with Crippen molar-refractivity contribution in [2.24, 2.45) is 0 Å². The van der Waals surface area contributed by atoms with Crippen molar-refractivity contribution >= 4 is 74.0 Å². The molecule has 0 saturated carbocycles. The summed E-state index contributed by atoms with van der Waals surface area (Å²) in [6.45, 7) is 7.41. The van der Waals surface area contributed by atoms with Crippen molar-refractivity contribution in [2.45, 2.75) is 32.2 Å². The van der Waals surface area contributed by atoms with Crippen molar-refractivity contribution in [1.29, 1.82) is 0 Å². The summed E-state index contributed by atoms with van der Waals surface area (Å²) in [5, 5.41) is 1.02. The maximum Gasteiger partial charge on any atom is 0.269 e. The summed E-state index contributed by atoms with van der Waals surface area (Å²) in [7, 11) is 2.01. The maximum atomic E-state index is 13.0. The molecular weight excluding hydrogens is 483 g/mol. The molecule has 4 rings (SSSR count). The molecule has 168 valence electrons. The summed E-state index contributed by atoms with van der Waals surface area (Å²) in [5.74, 6) is 0.725. The molecular formula is C22H23N3O3S4. The van der Waals surface area contributed by atoms with Gasteiger partial charge in [-0.2, -0.15) is 0 Å². The van der Waals surface area contributed by atoms with Crippen molar-refractivity contribution < 1.29 is 9.53 Å². The second-order valence-corrected chi connectivity index (χ2v) is 10.7. The van der Waals surface area contributed by atoms with Crippen LogP contribution < -0.4 is 24.4 Å². The lowest BCUT2D eigenvalue weighted by molar-refractivity contribution is -0.120. The van der Waals surface area contributed by atoms with Gasteiger partial charge in [0.15, 0.2) is 0 Å². The van der Waals surface area contributed by atoms with Crippen LogP contribution in [0.25, 0.3) is 11.0 Å². The minimum atomic E-state index is -0.123. The Morgan fingerprint density at radius 3 is 2.53 bits per heavy atom. The maximum absolute atomic E-state index is 13.0. The lowest BCUT2D eigenvalue weighted by Gasteiger charge is -2.13. The highest BCUT2D eigenvalue weighted by molar-refractivity contribution is 8.30. The summed E-state index contributed by atoms with van der Waals surface area (Å²) in [6, 6.07) is 6.05. The lowest BCUT2D eigenvalue weighted by Crippen LogP contribution is -2.33. The Hall–Kier alpha value is -2.01. The SMILES string of the molecule is CCOc1ccc2c(c1)SC(=CC=c1sc(=C3SC(=S)N(CC)C3=O)n(CC)c1=O)N2C. The van der Waals surface area contributed by atoms with Crippen LogP contribution in [0.2, 0.25) is 0 Å². The van der Waals surface area contributed by atoms with E-state index in [9.17, 15) is 9.59 Å². The Labute approximate surface area is 204 Å². The van der Waals surface area contributed by atoms with Crippen molar-refractivity contribution in [1.82, 2.24) is 9.47 Å². The van der Waals surface area contributed by atoms with Crippen LogP contribution in [-0.4, -0.2) is 39.9 Å². The first kappa shape index (κ1) is 23.2. The summed E-state index contributed by atoms with van der Waals surface area (Å²) in [4.78, 5) is 31.1. The number of rotatable bonds is 5. The monoisotopic (exact) mass is 505 g/mol. The molecule has 0 unspecified atom stereocenters. The van der Waals surface area contributed by atoms with Gasteiger partial charge >= 0.3 is 0 Å². The number of fused-ring (bicyclic) bond motifs is 1. The molecule has 2 aliphatic rings. The predicted molar refractivity (Wildman–Crippen MR) is 139 cm³/mol. The Morgan fingerprint density at radius 2 is 1.88 bits per heavy atom. The highest BCUT2D eigenvalue weighted by atomic mass is 32.2. The van der Waals surface area contributed by atoms with Crippen LogP contribution in [0.1, 0.15) is 20.8 Å². The summed E-state index contributed by atoms with van der Waals surface area (Å²) < 4.78 is 9.07. The summed E-state index contributed by atoms with van der Waals surface area (Å²) >= 11 is 9.59. The van der Waals surface area contributed by atoms with Crippen LogP contribution in [-0.2, 0) is 11.3 Å². The van der Waals surface area contributed by atoms with E-state index in [4.69, 9.17) is 17.0 Å². The van der Waals surface area contributed by atoms with Gasteiger partial charge in [0.2, 0.25) is 0 Å². The van der Waals surface area contributed by atoms with Gasteiger partial charge < -0.3 is 9.64 Å². The van der Waals surface area contributed by atoms with Crippen LogP contribution in [0, 0.1) is 0 Å². The molecule has 2 aromatic rings. The minimum Gasteiger partial charge on any atom is -0.494 e. The number of amides is 1. The number of hydrogen-bond acceptors (Lipinski definition) is 8. The molecule has 1 fully saturated rings. The van der Waals surface area contributed by atoms with Crippen LogP contribution in [0.15, 0.2) is 39.0 Å². The number of allylic oxidation sites excluding steroid dienone is 1. The number of thioether (sulfide) groups is 2. The first-order valence-corrected chi connectivity index (χ1v) is 13.1. The molecule has 10 heteroatoms. The molecule has 32 heavy (non-hydrogen) atoms. The number of carbonyl (C=O) groups is 1. The molecule has 6 nitrogen and oxygen atoms in total. The van der Waals surface area contributed by atoms with E-state index in [1.54, 1.807) is 21.2 Å². The average Bonchev–Trinajstić information content (AvgIpc) is 3.37. The zero-order valence-electron chi connectivity index (χ0n) is 18.2. The third kappa shape index (κ3) is 4.05. The highest BCUT2D eigenvalue weighted by Gasteiger charge is 2.32. The molecule has 1 amide bonds. The predicted octanol–water partition coefficient (Wildman–Crippen LogP) is 3.18. The first-order chi connectivity index (χ1) is 15.4. The second kappa shape index (κ2) is 9.46. The van der Waals surface area contributed by atoms with Crippen molar-refractivity contribution in [3.63, 3.8) is 0 Å². The van der Waals surface area contributed by atoms with E-state index in [0.29, 0.717) is 38.1 Å². The zero-order chi connectivity index (χ0) is 23.0. The van der Waals surface area contributed by atoms with Gasteiger partial charge in [0, 0.05) is 25.0 Å². The molecule has 0 atom stereocenters. The standard InChI is InChI=1S/C22H23N3O3S4/c1-5-24-19(26)15(31-21(24)18-20(27)25(6-2)22(29)32-18)10-11-17-23(4)14-9-8-13(28-7-3)12-16(14)30-17/h8-12H,5-7H2,1-4H3. The highest BCUT2D eigenvalue weighted by Crippen LogP contribution is 2.46. The quantitative estimate of drug-likeness (QED) is 0.579. The fraction of sp³-hybridized carbons (Fsp3) is 0.318. The number of thiazole rings is 1. The Morgan fingerprint density at radius 1 is 1.09 bits per heavy atom. The number of hydrogen-bond donors (Lipinski definition) is 0. The smallest absolute Gasteiger partial charge is 0.269 e. The van der Waals surface area contributed by atoms with Crippen LogP contribution in [0.5, 0.6) is 5.75 Å². The number of anilines is 1. The van der Waals surface area contributed by atoms with E-state index in [-0.39, 0.29) is 11.5 Å². The molecule has 1 saturated heterocycles. The lowest BCUT2D eigenvalue weighted by atomic mass is 10.3. The topological polar surface area (TPSA) is 54.8 Å². The number of benzene rings is 1. The third-order valence-electron chi connectivity index (χ3n) is 5.11. The van der Waals surface area contributed by atoms with Gasteiger partial charge in [0.1, 0.15) is 19.6 Å². The molecule has 0 aliphatic carbocycles. The van der Waals surface area contributed by atoms with Gasteiger partial charge in [0.25, 0.3) is 11.5 Å². The number of nitrogens with zero attached hydrogens (tertiary/aromatic N) is 3. The number of ether oxygens (including phenoxy) is 1. The van der Waals surface area contributed by atoms with Crippen LogP contribution in [0.4, 0.5) is 5.69 Å². The summed E-state index contributed by atoms with van der Waals surface area (Å²) in [6.07, 6.45) is 3.80. The van der Waals surface area contributed by atoms with E-state index in [1.165, 1.54) is 23.1 Å². The van der Waals surface area contributed by atoms with E-state index in [0.717, 1.165) is 21.4 Å². The number of thiocarbonyl (C=S) groups is 1.